The number of hydrogen-bond acceptors (Lipinski definition) is 4. The highest BCUT2D eigenvalue weighted by Gasteiger charge is 2.32. The van der Waals surface area contributed by atoms with E-state index in [0.717, 1.165) is 12.3 Å². The average molecular weight is 277 g/mol. The highest BCUT2D eigenvalue weighted by atomic mass is 32.2. The summed E-state index contributed by atoms with van der Waals surface area (Å²) in [4.78, 5) is 3.27. The maximum absolute atomic E-state index is 12.3. The molecule has 1 aromatic heterocycles. The number of hydrogen-bond donors (Lipinski definition) is 0. The van der Waals surface area contributed by atoms with Crippen LogP contribution in [0.4, 0.5) is 13.2 Å². The Morgan fingerprint density at radius 3 is 2.50 bits per heavy atom. The molecule has 98 valence electrons. The SMILES string of the molecule is C[C@@H](c1ccc(C(F)(F)F)nc1)[S@@](C)(=O)=NC#N. The zero-order valence-corrected chi connectivity index (χ0v) is 10.4. The number of rotatable bonds is 2. The third kappa shape index (κ3) is 3.20. The summed E-state index contributed by atoms with van der Waals surface area (Å²) >= 11 is 0. The second-order valence-corrected chi connectivity index (χ2v) is 6.28. The molecular weight excluding hydrogens is 267 g/mol. The lowest BCUT2D eigenvalue weighted by atomic mass is 10.2. The van der Waals surface area contributed by atoms with Crippen molar-refractivity contribution in [3.05, 3.63) is 29.6 Å². The van der Waals surface area contributed by atoms with Gasteiger partial charge in [0, 0.05) is 12.5 Å². The van der Waals surface area contributed by atoms with Gasteiger partial charge in [-0.1, -0.05) is 6.07 Å². The van der Waals surface area contributed by atoms with Crippen LogP contribution < -0.4 is 0 Å². The first-order chi connectivity index (χ1) is 8.18. The second kappa shape index (κ2) is 4.94. The summed E-state index contributed by atoms with van der Waals surface area (Å²) in [6, 6.07) is 2.00. The fourth-order valence-corrected chi connectivity index (χ4v) is 2.19. The van der Waals surface area contributed by atoms with Crippen LogP contribution in [0.5, 0.6) is 0 Å². The lowest BCUT2D eigenvalue weighted by Crippen LogP contribution is -2.11. The molecule has 0 aromatic carbocycles. The maximum Gasteiger partial charge on any atom is 0.433 e. The van der Waals surface area contributed by atoms with Crippen molar-refractivity contribution in [3.63, 3.8) is 0 Å². The van der Waals surface area contributed by atoms with Crippen LogP contribution in [0.25, 0.3) is 0 Å². The Hall–Kier alpha value is -1.62. The lowest BCUT2D eigenvalue weighted by molar-refractivity contribution is -0.141. The molecule has 8 heteroatoms. The third-order valence-corrected chi connectivity index (χ3v) is 4.45. The Morgan fingerprint density at radius 2 is 2.11 bits per heavy atom. The molecule has 0 N–H and O–H groups in total. The molecule has 1 rings (SSSR count). The van der Waals surface area contributed by atoms with Crippen LogP contribution in [-0.4, -0.2) is 15.4 Å². The van der Waals surface area contributed by atoms with Crippen molar-refractivity contribution in [1.82, 2.24) is 4.98 Å². The normalized spacial score (nSPS) is 16.4. The molecule has 0 bridgehead atoms. The van der Waals surface area contributed by atoms with E-state index in [9.17, 15) is 17.4 Å². The molecule has 0 saturated heterocycles. The molecule has 0 amide bonds. The minimum absolute atomic E-state index is 0.342. The van der Waals surface area contributed by atoms with Crippen molar-refractivity contribution < 1.29 is 17.4 Å². The molecule has 0 unspecified atom stereocenters. The van der Waals surface area contributed by atoms with Crippen LogP contribution in [0.15, 0.2) is 22.7 Å². The summed E-state index contributed by atoms with van der Waals surface area (Å²) in [5, 5.41) is 7.71. The van der Waals surface area contributed by atoms with E-state index in [0.29, 0.717) is 5.56 Å². The lowest BCUT2D eigenvalue weighted by Gasteiger charge is -2.13. The van der Waals surface area contributed by atoms with Gasteiger partial charge in [-0.2, -0.15) is 18.4 Å². The first-order valence-corrected chi connectivity index (χ1v) is 6.79. The minimum Gasteiger partial charge on any atom is -0.251 e. The monoisotopic (exact) mass is 277 g/mol. The van der Waals surface area contributed by atoms with Crippen molar-refractivity contribution in [1.29, 1.82) is 5.26 Å². The molecule has 0 aliphatic carbocycles. The van der Waals surface area contributed by atoms with Crippen LogP contribution in [0, 0.1) is 11.5 Å². The number of pyridine rings is 1. The first kappa shape index (κ1) is 14.4. The van der Waals surface area contributed by atoms with Crippen LogP contribution >= 0.6 is 0 Å². The Balaban J connectivity index is 3.12. The van der Waals surface area contributed by atoms with E-state index in [1.165, 1.54) is 25.4 Å². The molecule has 0 fully saturated rings. The van der Waals surface area contributed by atoms with Crippen LogP contribution in [0.3, 0.4) is 0 Å². The van der Waals surface area contributed by atoms with Gasteiger partial charge >= 0.3 is 6.18 Å². The summed E-state index contributed by atoms with van der Waals surface area (Å²) in [5.74, 6) is 0. The van der Waals surface area contributed by atoms with Gasteiger partial charge < -0.3 is 0 Å². The van der Waals surface area contributed by atoms with E-state index in [1.54, 1.807) is 0 Å². The number of aromatic nitrogens is 1. The van der Waals surface area contributed by atoms with E-state index in [4.69, 9.17) is 5.26 Å². The highest BCUT2D eigenvalue weighted by molar-refractivity contribution is 7.93. The molecule has 2 atom stereocenters. The highest BCUT2D eigenvalue weighted by Crippen LogP contribution is 2.29. The Morgan fingerprint density at radius 1 is 1.50 bits per heavy atom. The molecular formula is C10H10F3N3OS. The predicted molar refractivity (Wildman–Crippen MR) is 59.8 cm³/mol. The quantitative estimate of drug-likeness (QED) is 0.781. The van der Waals surface area contributed by atoms with Gasteiger partial charge in [0.1, 0.15) is 5.69 Å². The van der Waals surface area contributed by atoms with E-state index in [2.05, 4.69) is 9.35 Å². The predicted octanol–water partition coefficient (Wildman–Crippen LogP) is 2.74. The molecule has 0 spiro atoms. The van der Waals surface area contributed by atoms with Crippen molar-refractivity contribution >= 4 is 9.73 Å². The van der Waals surface area contributed by atoms with E-state index >= 15 is 0 Å². The number of alkyl halides is 3. The molecule has 0 saturated carbocycles. The standard InChI is InChI=1S/C10H10F3N3OS/c1-7(18(2,17)16-6-14)8-3-4-9(15-5-8)10(11,12)13/h3-5,7H,1-2H3/t7-,18+/m0/s1. The Bertz CT molecular complexity index is 580. The van der Waals surface area contributed by atoms with Crippen LogP contribution in [0.1, 0.15) is 23.4 Å². The number of halogens is 3. The van der Waals surface area contributed by atoms with Crippen molar-refractivity contribution in [2.24, 2.45) is 4.36 Å². The fourth-order valence-electron chi connectivity index (χ4n) is 1.23. The summed E-state index contributed by atoms with van der Waals surface area (Å²) in [5.41, 5.74) is -0.673. The molecule has 4 nitrogen and oxygen atoms in total. The molecule has 1 heterocycles. The summed E-state index contributed by atoms with van der Waals surface area (Å²) in [6.07, 6.45) is -0.784. The van der Waals surface area contributed by atoms with Crippen molar-refractivity contribution in [2.75, 3.05) is 6.26 Å². The van der Waals surface area contributed by atoms with Gasteiger partial charge in [-0.05, 0) is 18.6 Å². The fraction of sp³-hybridized carbons (Fsp3) is 0.400. The molecule has 0 aliphatic heterocycles. The van der Waals surface area contributed by atoms with Crippen LogP contribution in [-0.2, 0) is 15.9 Å². The Labute approximate surface area is 103 Å². The first-order valence-electron chi connectivity index (χ1n) is 4.80. The van der Waals surface area contributed by atoms with Crippen molar-refractivity contribution in [3.8, 4) is 6.19 Å². The third-order valence-electron chi connectivity index (χ3n) is 2.42. The summed E-state index contributed by atoms with van der Waals surface area (Å²) in [7, 11) is -2.82. The maximum atomic E-state index is 12.3. The van der Waals surface area contributed by atoms with E-state index in [1.807, 2.05) is 0 Å². The van der Waals surface area contributed by atoms with E-state index < -0.39 is 26.8 Å². The van der Waals surface area contributed by atoms with Gasteiger partial charge in [0.25, 0.3) is 0 Å². The smallest absolute Gasteiger partial charge is 0.251 e. The van der Waals surface area contributed by atoms with Crippen molar-refractivity contribution in [2.45, 2.75) is 18.3 Å². The van der Waals surface area contributed by atoms with E-state index in [-0.39, 0.29) is 0 Å². The second-order valence-electron chi connectivity index (χ2n) is 3.67. The average Bonchev–Trinajstić information content (AvgIpc) is 2.27. The van der Waals surface area contributed by atoms with Gasteiger partial charge in [0.2, 0.25) is 6.19 Å². The summed E-state index contributed by atoms with van der Waals surface area (Å²) < 4.78 is 52.1. The van der Waals surface area contributed by atoms with Gasteiger partial charge in [0.05, 0.1) is 15.0 Å². The topological polar surface area (TPSA) is 66.1 Å². The number of nitrogens with zero attached hydrogens (tertiary/aromatic N) is 3. The molecule has 0 aliphatic rings. The minimum atomic E-state index is -4.51. The molecule has 0 radical (unpaired) electrons. The van der Waals surface area contributed by atoms with Gasteiger partial charge in [0.15, 0.2) is 0 Å². The summed E-state index contributed by atoms with van der Waals surface area (Å²) in [6.45, 7) is 1.52. The van der Waals surface area contributed by atoms with Crippen LogP contribution in [0.2, 0.25) is 0 Å². The molecule has 1 aromatic rings. The zero-order chi connectivity index (χ0) is 14.0. The molecule has 18 heavy (non-hydrogen) atoms. The van der Waals surface area contributed by atoms with Gasteiger partial charge in [-0.3, -0.25) is 4.98 Å². The van der Waals surface area contributed by atoms with Gasteiger partial charge in [-0.15, -0.1) is 4.36 Å². The largest absolute Gasteiger partial charge is 0.433 e. The zero-order valence-electron chi connectivity index (χ0n) is 9.60. The number of nitriles is 1. The van der Waals surface area contributed by atoms with Gasteiger partial charge in [-0.25, -0.2) is 4.21 Å². The Kier molecular flexibility index (Phi) is 3.96.